The van der Waals surface area contributed by atoms with Crippen molar-refractivity contribution in [2.24, 2.45) is 0 Å². The van der Waals surface area contributed by atoms with E-state index in [1.165, 1.54) is 20.8 Å². The Bertz CT molecular complexity index is 1380. The summed E-state index contributed by atoms with van der Waals surface area (Å²) in [5.41, 5.74) is 3.05. The molecule has 2 aromatic carbocycles. The van der Waals surface area contributed by atoms with Gasteiger partial charge in [-0.15, -0.1) is 0 Å². The maximum atomic E-state index is 12.7. The van der Waals surface area contributed by atoms with E-state index in [9.17, 15) is 13.2 Å². The second-order valence-electron chi connectivity index (χ2n) is 7.48. The number of carbonyl (C=O) groups is 1. The summed E-state index contributed by atoms with van der Waals surface area (Å²) in [5.74, 6) is -0.288. The second kappa shape index (κ2) is 7.82. The van der Waals surface area contributed by atoms with Crippen LogP contribution in [0, 0.1) is 13.8 Å². The Labute approximate surface area is 180 Å². The van der Waals surface area contributed by atoms with Crippen LogP contribution in [0.3, 0.4) is 0 Å². The Morgan fingerprint density at radius 2 is 1.84 bits per heavy atom. The van der Waals surface area contributed by atoms with Gasteiger partial charge in [-0.1, -0.05) is 23.4 Å². The number of para-hydroxylation sites is 1. The molecule has 4 rings (SSSR count). The van der Waals surface area contributed by atoms with Crippen LogP contribution in [0.2, 0.25) is 0 Å². The Morgan fingerprint density at radius 3 is 2.52 bits per heavy atom. The van der Waals surface area contributed by atoms with Gasteiger partial charge in [0.2, 0.25) is 15.9 Å². The molecule has 0 unspecified atom stereocenters. The van der Waals surface area contributed by atoms with Crippen molar-refractivity contribution in [3.05, 3.63) is 53.9 Å². The molecule has 31 heavy (non-hydrogen) atoms. The monoisotopic (exact) mass is 440 g/mol. The first-order valence-electron chi connectivity index (χ1n) is 10.00. The van der Waals surface area contributed by atoms with Gasteiger partial charge in [0.05, 0.1) is 6.04 Å². The fourth-order valence-corrected chi connectivity index (χ4v) is 5.46. The summed E-state index contributed by atoms with van der Waals surface area (Å²) in [6.45, 7) is 7.47. The molecular formula is C22H24N4O4S. The molecule has 0 fully saturated rings. The minimum Gasteiger partial charge on any atom is -0.360 e. The van der Waals surface area contributed by atoms with Crippen molar-refractivity contribution in [1.29, 1.82) is 0 Å². The second-order valence-corrected chi connectivity index (χ2v) is 9.13. The number of anilines is 1. The number of benzene rings is 2. The van der Waals surface area contributed by atoms with Gasteiger partial charge in [0.25, 0.3) is 0 Å². The van der Waals surface area contributed by atoms with Crippen LogP contribution < -0.4 is 10.0 Å². The molecule has 4 aromatic rings. The average molecular weight is 441 g/mol. The summed E-state index contributed by atoms with van der Waals surface area (Å²) < 4.78 is 34.9. The van der Waals surface area contributed by atoms with Crippen LogP contribution in [-0.2, 0) is 21.4 Å². The predicted molar refractivity (Wildman–Crippen MR) is 120 cm³/mol. The lowest BCUT2D eigenvalue weighted by Crippen LogP contribution is -2.41. The van der Waals surface area contributed by atoms with E-state index >= 15 is 0 Å². The van der Waals surface area contributed by atoms with Gasteiger partial charge in [0.15, 0.2) is 5.76 Å². The quantitative estimate of drug-likeness (QED) is 0.475. The van der Waals surface area contributed by atoms with E-state index in [-0.39, 0.29) is 16.3 Å². The van der Waals surface area contributed by atoms with Crippen LogP contribution >= 0.6 is 0 Å². The van der Waals surface area contributed by atoms with Gasteiger partial charge < -0.3 is 14.4 Å². The van der Waals surface area contributed by atoms with Gasteiger partial charge in [-0.25, -0.2) is 8.42 Å². The number of sulfonamides is 1. The molecule has 0 aliphatic carbocycles. The van der Waals surface area contributed by atoms with Crippen molar-refractivity contribution >= 4 is 43.4 Å². The third-order valence-corrected chi connectivity index (χ3v) is 7.10. The van der Waals surface area contributed by atoms with Crippen molar-refractivity contribution in [3.63, 3.8) is 0 Å². The fraction of sp³-hybridized carbons (Fsp3) is 0.273. The van der Waals surface area contributed by atoms with Crippen LogP contribution in [0.4, 0.5) is 5.69 Å². The lowest BCUT2D eigenvalue weighted by Gasteiger charge is -2.14. The highest BCUT2D eigenvalue weighted by Crippen LogP contribution is 2.31. The smallest absolute Gasteiger partial charge is 0.246 e. The molecule has 1 atom stereocenters. The van der Waals surface area contributed by atoms with Gasteiger partial charge in [-0.3, -0.25) is 4.79 Å². The molecule has 9 heteroatoms. The summed E-state index contributed by atoms with van der Waals surface area (Å²) in [5, 5.41) is 8.60. The average Bonchev–Trinajstić information content (AvgIpc) is 3.24. The number of aromatic nitrogens is 2. The number of rotatable bonds is 6. The third kappa shape index (κ3) is 3.70. The Balaban J connectivity index is 1.59. The molecule has 162 valence electrons. The van der Waals surface area contributed by atoms with Crippen molar-refractivity contribution in [3.8, 4) is 0 Å². The highest BCUT2D eigenvalue weighted by atomic mass is 32.2. The van der Waals surface area contributed by atoms with Crippen molar-refractivity contribution in [2.75, 3.05) is 5.32 Å². The van der Waals surface area contributed by atoms with Crippen LogP contribution in [0.1, 0.15) is 25.3 Å². The number of fused-ring (bicyclic) bond motifs is 3. The molecule has 1 amide bonds. The molecule has 8 nitrogen and oxygen atoms in total. The number of hydrogen-bond donors (Lipinski definition) is 2. The van der Waals surface area contributed by atoms with Gasteiger partial charge >= 0.3 is 0 Å². The summed E-state index contributed by atoms with van der Waals surface area (Å²) in [7, 11) is -3.95. The van der Waals surface area contributed by atoms with Gasteiger partial charge in [0, 0.05) is 34.0 Å². The first kappa shape index (κ1) is 21.1. The third-order valence-electron chi connectivity index (χ3n) is 5.32. The molecular weight excluding hydrogens is 416 g/mol. The lowest BCUT2D eigenvalue weighted by atomic mass is 10.1. The topological polar surface area (TPSA) is 106 Å². The molecule has 2 aromatic heterocycles. The van der Waals surface area contributed by atoms with E-state index in [1.54, 1.807) is 0 Å². The number of hydrogen-bond acceptors (Lipinski definition) is 5. The van der Waals surface area contributed by atoms with E-state index in [2.05, 4.69) is 38.8 Å². The molecule has 0 saturated heterocycles. The minimum absolute atomic E-state index is 0.0408. The van der Waals surface area contributed by atoms with Crippen molar-refractivity contribution in [2.45, 2.75) is 45.2 Å². The SMILES string of the molecule is CCn1c2ccccc2c2cc(NC(=O)[C@@H](C)NS(=O)(=O)c3c(C)noc3C)ccc21. The number of carbonyl (C=O) groups excluding carboxylic acids is 1. The van der Waals surface area contributed by atoms with Gasteiger partial charge in [-0.2, -0.15) is 4.72 Å². The molecule has 2 heterocycles. The summed E-state index contributed by atoms with van der Waals surface area (Å²) in [6.07, 6.45) is 0. The van der Waals surface area contributed by atoms with Crippen molar-refractivity contribution in [1.82, 2.24) is 14.4 Å². The lowest BCUT2D eigenvalue weighted by molar-refractivity contribution is -0.117. The van der Waals surface area contributed by atoms with Crippen molar-refractivity contribution < 1.29 is 17.7 Å². The van der Waals surface area contributed by atoms with E-state index in [0.717, 1.165) is 28.4 Å². The number of amides is 1. The van der Waals surface area contributed by atoms with Crippen LogP contribution in [0.15, 0.2) is 51.9 Å². The summed E-state index contributed by atoms with van der Waals surface area (Å²) in [4.78, 5) is 12.7. The Kier molecular flexibility index (Phi) is 5.32. The van der Waals surface area contributed by atoms with E-state index in [4.69, 9.17) is 4.52 Å². The fourth-order valence-electron chi connectivity index (χ4n) is 3.93. The highest BCUT2D eigenvalue weighted by Gasteiger charge is 2.28. The predicted octanol–water partition coefficient (Wildman–Crippen LogP) is 3.72. The molecule has 2 N–H and O–H groups in total. The molecule has 0 aliphatic heterocycles. The number of nitrogens with zero attached hydrogens (tertiary/aromatic N) is 2. The zero-order chi connectivity index (χ0) is 22.3. The molecule has 0 bridgehead atoms. The van der Waals surface area contributed by atoms with E-state index in [0.29, 0.717) is 5.69 Å². The highest BCUT2D eigenvalue weighted by molar-refractivity contribution is 7.89. The summed E-state index contributed by atoms with van der Waals surface area (Å²) in [6, 6.07) is 12.8. The normalized spacial score (nSPS) is 13.0. The maximum absolute atomic E-state index is 12.7. The van der Waals surface area contributed by atoms with Crippen LogP contribution in [-0.4, -0.2) is 30.1 Å². The molecule has 0 spiro atoms. The maximum Gasteiger partial charge on any atom is 0.246 e. The minimum atomic E-state index is -3.95. The van der Waals surface area contributed by atoms with Crippen LogP contribution in [0.5, 0.6) is 0 Å². The van der Waals surface area contributed by atoms with Crippen LogP contribution in [0.25, 0.3) is 21.8 Å². The van der Waals surface area contributed by atoms with Gasteiger partial charge in [-0.05, 0) is 52.0 Å². The number of nitrogens with one attached hydrogen (secondary N) is 2. The summed E-state index contributed by atoms with van der Waals surface area (Å²) >= 11 is 0. The largest absolute Gasteiger partial charge is 0.360 e. The van der Waals surface area contributed by atoms with E-state index in [1.807, 2.05) is 30.3 Å². The Morgan fingerprint density at radius 1 is 1.13 bits per heavy atom. The molecule has 0 aliphatic rings. The van der Waals surface area contributed by atoms with E-state index < -0.39 is 22.0 Å². The Hall–Kier alpha value is -3.17. The molecule has 0 saturated carbocycles. The number of aryl methyl sites for hydroxylation is 3. The van der Waals surface area contributed by atoms with Gasteiger partial charge in [0.1, 0.15) is 10.6 Å². The molecule has 0 radical (unpaired) electrons. The zero-order valence-corrected chi connectivity index (χ0v) is 18.6. The zero-order valence-electron chi connectivity index (χ0n) is 17.8. The first-order valence-corrected chi connectivity index (χ1v) is 11.5. The first-order chi connectivity index (χ1) is 14.7. The standard InChI is InChI=1S/C22H24N4O4S/c1-5-26-19-9-7-6-8-17(19)18-12-16(10-11-20(18)26)23-22(27)14(3)25-31(28,29)21-13(2)24-30-15(21)4/h6-12,14,25H,5H2,1-4H3,(H,23,27)/t14-/m1/s1.